The summed E-state index contributed by atoms with van der Waals surface area (Å²) in [7, 11) is 0. The number of benzene rings is 2. The molecule has 6 nitrogen and oxygen atoms in total. The normalized spacial score (nSPS) is 16.8. The molecule has 0 bridgehead atoms. The first-order chi connectivity index (χ1) is 13.3. The summed E-state index contributed by atoms with van der Waals surface area (Å²) >= 11 is 0. The lowest BCUT2D eigenvalue weighted by Crippen LogP contribution is -2.42. The fourth-order valence-electron chi connectivity index (χ4n) is 3.14. The lowest BCUT2D eigenvalue weighted by Gasteiger charge is -2.24. The fourth-order valence-corrected chi connectivity index (χ4v) is 3.14. The van der Waals surface area contributed by atoms with Crippen molar-refractivity contribution in [3.05, 3.63) is 65.2 Å². The average molecular weight is 382 g/mol. The molecule has 2 N–H and O–H groups in total. The molecule has 0 saturated heterocycles. The van der Waals surface area contributed by atoms with Gasteiger partial charge < -0.3 is 20.1 Å². The number of anilines is 1. The van der Waals surface area contributed by atoms with Gasteiger partial charge in [0.15, 0.2) is 0 Å². The fraction of sp³-hybridized carbons (Fsp3) is 0.364. The summed E-state index contributed by atoms with van der Waals surface area (Å²) in [5.41, 5.74) is 2.39. The number of aliphatic hydroxyl groups excluding tert-OH is 1. The minimum absolute atomic E-state index is 0.179. The zero-order valence-electron chi connectivity index (χ0n) is 16.4. The highest BCUT2D eigenvalue weighted by Crippen LogP contribution is 2.26. The van der Waals surface area contributed by atoms with Gasteiger partial charge in [-0.15, -0.1) is 0 Å². The number of carbonyl (C=O) groups excluding carboxylic acids is 2. The van der Waals surface area contributed by atoms with E-state index in [9.17, 15) is 14.7 Å². The molecule has 0 aliphatic carbocycles. The third-order valence-corrected chi connectivity index (χ3v) is 4.44. The van der Waals surface area contributed by atoms with Gasteiger partial charge in [0.05, 0.1) is 12.2 Å². The van der Waals surface area contributed by atoms with Crippen LogP contribution in [0.1, 0.15) is 42.3 Å². The Hall–Kier alpha value is -2.86. The summed E-state index contributed by atoms with van der Waals surface area (Å²) < 4.78 is 5.45. The lowest BCUT2D eigenvalue weighted by molar-refractivity contribution is -0.133. The van der Waals surface area contributed by atoms with E-state index in [0.717, 1.165) is 16.8 Å². The van der Waals surface area contributed by atoms with Crippen molar-refractivity contribution < 1.29 is 19.4 Å². The van der Waals surface area contributed by atoms with E-state index in [1.807, 2.05) is 51.1 Å². The van der Waals surface area contributed by atoms with E-state index in [4.69, 9.17) is 4.74 Å². The molecule has 0 fully saturated rings. The number of ether oxygens (including phenoxy) is 1. The second-order valence-corrected chi connectivity index (χ2v) is 7.93. The van der Waals surface area contributed by atoms with Crippen molar-refractivity contribution in [2.45, 2.75) is 45.5 Å². The maximum atomic E-state index is 12.9. The van der Waals surface area contributed by atoms with E-state index < -0.39 is 17.6 Å². The Kier molecular flexibility index (Phi) is 5.70. The van der Waals surface area contributed by atoms with E-state index in [1.54, 1.807) is 23.1 Å². The van der Waals surface area contributed by atoms with Crippen molar-refractivity contribution in [1.82, 2.24) is 4.90 Å². The van der Waals surface area contributed by atoms with Crippen LogP contribution in [0.3, 0.4) is 0 Å². The molecule has 1 heterocycles. The molecule has 6 heteroatoms. The van der Waals surface area contributed by atoms with Crippen LogP contribution in [0.4, 0.5) is 5.69 Å². The molecular formula is C22H26N2O4. The Morgan fingerprint density at radius 1 is 1.21 bits per heavy atom. The van der Waals surface area contributed by atoms with Crippen molar-refractivity contribution in [1.29, 1.82) is 0 Å². The maximum Gasteiger partial charge on any atom is 0.338 e. The Labute approximate surface area is 165 Å². The minimum Gasteiger partial charge on any atom is -0.456 e. The maximum absolute atomic E-state index is 12.9. The van der Waals surface area contributed by atoms with Crippen LogP contribution in [0.15, 0.2) is 48.5 Å². The van der Waals surface area contributed by atoms with Gasteiger partial charge in [-0.05, 0) is 50.1 Å². The summed E-state index contributed by atoms with van der Waals surface area (Å²) in [4.78, 5) is 27.0. The van der Waals surface area contributed by atoms with Crippen LogP contribution in [0.5, 0.6) is 0 Å². The van der Waals surface area contributed by atoms with Crippen LogP contribution in [0.25, 0.3) is 0 Å². The molecule has 0 aromatic heterocycles. The Morgan fingerprint density at radius 3 is 2.57 bits per heavy atom. The van der Waals surface area contributed by atoms with E-state index in [1.165, 1.54) is 0 Å². The first kappa shape index (κ1) is 19.9. The largest absolute Gasteiger partial charge is 0.456 e. The number of nitrogens with zero attached hydrogens (tertiary/aromatic N) is 1. The zero-order chi connectivity index (χ0) is 20.3. The van der Waals surface area contributed by atoms with Crippen LogP contribution in [-0.2, 0) is 22.6 Å². The van der Waals surface area contributed by atoms with E-state index in [0.29, 0.717) is 18.7 Å². The number of carbonyl (C=O) groups is 2. The summed E-state index contributed by atoms with van der Waals surface area (Å²) in [6, 6.07) is 14.1. The number of amides is 1. The molecule has 1 atom stereocenters. The number of rotatable bonds is 4. The van der Waals surface area contributed by atoms with Gasteiger partial charge in [-0.3, -0.25) is 4.79 Å². The van der Waals surface area contributed by atoms with Crippen LogP contribution in [0.2, 0.25) is 0 Å². The third-order valence-electron chi connectivity index (χ3n) is 4.44. The zero-order valence-corrected chi connectivity index (χ0v) is 16.4. The summed E-state index contributed by atoms with van der Waals surface area (Å²) in [6.07, 6.45) is 0. The van der Waals surface area contributed by atoms with Gasteiger partial charge in [-0.1, -0.05) is 30.3 Å². The SMILES string of the molecule is CC(C)(C)OC(=O)c1ccc2c(c1)CN(Cc1ccccc1)C(=O)[C@@H](CO)N2. The summed E-state index contributed by atoms with van der Waals surface area (Å²) in [5.74, 6) is -0.583. The summed E-state index contributed by atoms with van der Waals surface area (Å²) in [6.45, 7) is 5.92. The monoisotopic (exact) mass is 382 g/mol. The van der Waals surface area contributed by atoms with Crippen molar-refractivity contribution in [2.24, 2.45) is 0 Å². The van der Waals surface area contributed by atoms with E-state index in [-0.39, 0.29) is 12.5 Å². The topological polar surface area (TPSA) is 78.9 Å². The van der Waals surface area contributed by atoms with Gasteiger partial charge >= 0.3 is 5.97 Å². The van der Waals surface area contributed by atoms with Gasteiger partial charge in [-0.25, -0.2) is 4.79 Å². The number of nitrogens with one attached hydrogen (secondary N) is 1. The molecule has 0 unspecified atom stereocenters. The van der Waals surface area contributed by atoms with Crippen LogP contribution in [0, 0.1) is 0 Å². The summed E-state index contributed by atoms with van der Waals surface area (Å²) in [5, 5.41) is 12.8. The van der Waals surface area contributed by atoms with E-state index in [2.05, 4.69) is 5.32 Å². The Balaban J connectivity index is 1.90. The number of aliphatic hydroxyl groups is 1. The molecule has 2 aromatic rings. The van der Waals surface area contributed by atoms with Crippen LogP contribution < -0.4 is 5.32 Å². The lowest BCUT2D eigenvalue weighted by atomic mass is 10.1. The Morgan fingerprint density at radius 2 is 1.93 bits per heavy atom. The number of fused-ring (bicyclic) bond motifs is 1. The molecule has 3 rings (SSSR count). The van der Waals surface area contributed by atoms with Gasteiger partial charge in [0.2, 0.25) is 5.91 Å². The van der Waals surface area contributed by atoms with E-state index >= 15 is 0 Å². The van der Waals surface area contributed by atoms with Gasteiger partial charge in [-0.2, -0.15) is 0 Å². The molecule has 1 aliphatic heterocycles. The van der Waals surface area contributed by atoms with Gasteiger partial charge in [0, 0.05) is 18.8 Å². The van der Waals surface area contributed by atoms with Crippen molar-refractivity contribution >= 4 is 17.6 Å². The quantitative estimate of drug-likeness (QED) is 0.795. The van der Waals surface area contributed by atoms with Crippen molar-refractivity contribution in [2.75, 3.05) is 11.9 Å². The first-order valence-corrected chi connectivity index (χ1v) is 9.33. The molecule has 1 amide bonds. The highest BCUT2D eigenvalue weighted by atomic mass is 16.6. The van der Waals surface area contributed by atoms with Crippen molar-refractivity contribution in [3.63, 3.8) is 0 Å². The minimum atomic E-state index is -0.725. The second-order valence-electron chi connectivity index (χ2n) is 7.93. The number of hydrogen-bond donors (Lipinski definition) is 2. The molecule has 0 spiro atoms. The predicted octanol–water partition coefficient (Wildman–Crippen LogP) is 2.96. The number of hydrogen-bond acceptors (Lipinski definition) is 5. The molecule has 0 saturated carbocycles. The molecule has 28 heavy (non-hydrogen) atoms. The second kappa shape index (κ2) is 8.02. The smallest absolute Gasteiger partial charge is 0.338 e. The molecule has 1 aliphatic rings. The molecular weight excluding hydrogens is 356 g/mol. The Bertz CT molecular complexity index is 859. The third kappa shape index (κ3) is 4.70. The van der Waals surface area contributed by atoms with Crippen LogP contribution in [-0.4, -0.2) is 40.1 Å². The highest BCUT2D eigenvalue weighted by Gasteiger charge is 2.29. The molecule has 0 radical (unpaired) electrons. The van der Waals surface area contributed by atoms with Crippen molar-refractivity contribution in [3.8, 4) is 0 Å². The first-order valence-electron chi connectivity index (χ1n) is 9.33. The van der Waals surface area contributed by atoms with Gasteiger partial charge in [0.25, 0.3) is 0 Å². The standard InChI is InChI=1S/C22H26N2O4/c1-22(2,3)28-21(27)16-9-10-18-17(11-16)13-24(20(26)19(14-25)23-18)12-15-7-5-4-6-8-15/h4-11,19,23,25H,12-14H2,1-3H3/t19-/m1/s1. The molecule has 2 aromatic carbocycles. The van der Waals surface area contributed by atoms with Gasteiger partial charge in [0.1, 0.15) is 11.6 Å². The predicted molar refractivity (Wildman–Crippen MR) is 107 cm³/mol. The number of esters is 1. The molecule has 148 valence electrons. The van der Waals surface area contributed by atoms with Crippen LogP contribution >= 0.6 is 0 Å². The average Bonchev–Trinajstić information content (AvgIpc) is 2.77. The highest BCUT2D eigenvalue weighted by molar-refractivity contribution is 5.92.